The molecule has 1 unspecified atom stereocenters. The SMILES string of the molecule is CC(OC(=O)c1cnc2ccccc2n1)C(=O)Nc1ccc(C(C)(C)C)cc1. The maximum absolute atomic E-state index is 12.3. The Morgan fingerprint density at radius 2 is 1.64 bits per heavy atom. The molecular weight excluding hydrogens is 354 g/mol. The van der Waals surface area contributed by atoms with E-state index in [0.29, 0.717) is 16.7 Å². The predicted molar refractivity (Wildman–Crippen MR) is 108 cm³/mol. The van der Waals surface area contributed by atoms with E-state index in [2.05, 4.69) is 36.1 Å². The molecule has 144 valence electrons. The number of aromatic nitrogens is 2. The molecule has 0 aliphatic carbocycles. The summed E-state index contributed by atoms with van der Waals surface area (Å²) in [5, 5.41) is 2.75. The van der Waals surface area contributed by atoms with Crippen LogP contribution in [0.25, 0.3) is 11.0 Å². The number of para-hydroxylation sites is 2. The van der Waals surface area contributed by atoms with E-state index in [1.165, 1.54) is 18.7 Å². The number of anilines is 1. The molecule has 0 fully saturated rings. The minimum absolute atomic E-state index is 0.0340. The van der Waals surface area contributed by atoms with Crippen molar-refractivity contribution < 1.29 is 14.3 Å². The lowest BCUT2D eigenvalue weighted by Gasteiger charge is -2.19. The van der Waals surface area contributed by atoms with E-state index < -0.39 is 18.0 Å². The number of nitrogens with zero attached hydrogens (tertiary/aromatic N) is 2. The minimum atomic E-state index is -0.969. The molecule has 1 atom stereocenters. The third kappa shape index (κ3) is 4.52. The third-order valence-electron chi connectivity index (χ3n) is 4.33. The predicted octanol–water partition coefficient (Wildman–Crippen LogP) is 4.11. The molecule has 1 heterocycles. The summed E-state index contributed by atoms with van der Waals surface area (Å²) in [5.41, 5.74) is 3.18. The van der Waals surface area contributed by atoms with Crippen LogP contribution in [0.15, 0.2) is 54.7 Å². The Morgan fingerprint density at radius 1 is 1.00 bits per heavy atom. The molecule has 1 aromatic heterocycles. The fraction of sp³-hybridized carbons (Fsp3) is 0.273. The first-order valence-electron chi connectivity index (χ1n) is 9.08. The number of nitrogens with one attached hydrogen (secondary N) is 1. The van der Waals surface area contributed by atoms with Crippen molar-refractivity contribution in [1.29, 1.82) is 0 Å². The number of esters is 1. The summed E-state index contributed by atoms with van der Waals surface area (Å²) >= 11 is 0. The summed E-state index contributed by atoms with van der Waals surface area (Å²) in [6.45, 7) is 7.89. The largest absolute Gasteiger partial charge is 0.448 e. The van der Waals surface area contributed by atoms with Crippen LogP contribution in [0.5, 0.6) is 0 Å². The first kappa shape index (κ1) is 19.5. The molecule has 0 radical (unpaired) electrons. The average Bonchev–Trinajstić information content (AvgIpc) is 2.67. The molecular formula is C22H23N3O3. The van der Waals surface area contributed by atoms with Crippen LogP contribution < -0.4 is 5.32 Å². The van der Waals surface area contributed by atoms with Gasteiger partial charge >= 0.3 is 5.97 Å². The van der Waals surface area contributed by atoms with Gasteiger partial charge < -0.3 is 10.1 Å². The Hall–Kier alpha value is -3.28. The average molecular weight is 377 g/mol. The van der Waals surface area contributed by atoms with E-state index in [1.54, 1.807) is 12.1 Å². The summed E-state index contributed by atoms with van der Waals surface area (Å²) in [7, 11) is 0. The van der Waals surface area contributed by atoms with Crippen molar-refractivity contribution in [1.82, 2.24) is 9.97 Å². The van der Waals surface area contributed by atoms with Crippen molar-refractivity contribution in [3.8, 4) is 0 Å². The molecule has 0 aliphatic rings. The quantitative estimate of drug-likeness (QED) is 0.692. The van der Waals surface area contributed by atoms with E-state index in [9.17, 15) is 9.59 Å². The number of benzene rings is 2. The van der Waals surface area contributed by atoms with Gasteiger partial charge in [0.25, 0.3) is 5.91 Å². The van der Waals surface area contributed by atoms with Crippen molar-refractivity contribution in [3.05, 3.63) is 66.0 Å². The molecule has 0 aliphatic heterocycles. The van der Waals surface area contributed by atoms with Crippen LogP contribution >= 0.6 is 0 Å². The molecule has 6 nitrogen and oxygen atoms in total. The number of amides is 1. The van der Waals surface area contributed by atoms with Gasteiger partial charge in [-0.3, -0.25) is 9.78 Å². The standard InChI is InChI=1S/C22H23N3O3/c1-14(20(26)24-16-11-9-15(10-12-16)22(2,3)4)28-21(27)19-13-23-17-7-5-6-8-18(17)25-19/h5-14H,1-4H3,(H,24,26). The Bertz CT molecular complexity index is 1010. The van der Waals surface area contributed by atoms with E-state index in [-0.39, 0.29) is 11.1 Å². The van der Waals surface area contributed by atoms with Crippen LogP contribution in [-0.2, 0) is 14.9 Å². The molecule has 1 N–H and O–H groups in total. The van der Waals surface area contributed by atoms with Gasteiger partial charge in [-0.1, -0.05) is 45.0 Å². The third-order valence-corrected chi connectivity index (χ3v) is 4.33. The van der Waals surface area contributed by atoms with E-state index in [0.717, 1.165) is 0 Å². The van der Waals surface area contributed by atoms with Crippen LogP contribution in [-0.4, -0.2) is 27.9 Å². The lowest BCUT2D eigenvalue weighted by Crippen LogP contribution is -2.30. The summed E-state index contributed by atoms with van der Waals surface area (Å²) in [6.07, 6.45) is 0.378. The van der Waals surface area contributed by atoms with Crippen LogP contribution in [0, 0.1) is 0 Å². The number of hydrogen-bond donors (Lipinski definition) is 1. The van der Waals surface area contributed by atoms with E-state index in [4.69, 9.17) is 4.74 Å². The molecule has 1 amide bonds. The van der Waals surface area contributed by atoms with Crippen LogP contribution in [0.2, 0.25) is 0 Å². The summed E-state index contributed by atoms with van der Waals surface area (Å²) < 4.78 is 5.24. The highest BCUT2D eigenvalue weighted by atomic mass is 16.5. The van der Waals surface area contributed by atoms with Crippen LogP contribution in [0.3, 0.4) is 0 Å². The van der Waals surface area contributed by atoms with Crippen LogP contribution in [0.4, 0.5) is 5.69 Å². The second kappa shape index (κ2) is 7.76. The number of carbonyl (C=O) groups is 2. The molecule has 0 spiro atoms. The van der Waals surface area contributed by atoms with E-state index >= 15 is 0 Å². The molecule has 6 heteroatoms. The monoisotopic (exact) mass is 377 g/mol. The van der Waals surface area contributed by atoms with Crippen molar-refractivity contribution in [2.24, 2.45) is 0 Å². The Balaban J connectivity index is 1.63. The topological polar surface area (TPSA) is 81.2 Å². The van der Waals surface area contributed by atoms with Gasteiger partial charge in [-0.15, -0.1) is 0 Å². The Kier molecular flexibility index (Phi) is 5.40. The number of carbonyl (C=O) groups excluding carboxylic acids is 2. The van der Waals surface area contributed by atoms with Gasteiger partial charge in [0.05, 0.1) is 17.2 Å². The number of hydrogen-bond acceptors (Lipinski definition) is 5. The molecule has 2 aromatic carbocycles. The van der Waals surface area contributed by atoms with Crippen molar-refractivity contribution in [2.75, 3.05) is 5.32 Å². The Labute approximate surface area is 164 Å². The second-order valence-electron chi connectivity index (χ2n) is 7.61. The number of rotatable bonds is 4. The van der Waals surface area contributed by atoms with Gasteiger partial charge in [-0.25, -0.2) is 9.78 Å². The highest BCUT2D eigenvalue weighted by Gasteiger charge is 2.21. The fourth-order valence-corrected chi connectivity index (χ4v) is 2.63. The lowest BCUT2D eigenvalue weighted by molar-refractivity contribution is -0.123. The molecule has 3 aromatic rings. The van der Waals surface area contributed by atoms with Crippen LogP contribution in [0.1, 0.15) is 43.7 Å². The first-order valence-corrected chi connectivity index (χ1v) is 9.08. The maximum Gasteiger partial charge on any atom is 0.359 e. The van der Waals surface area contributed by atoms with E-state index in [1.807, 2.05) is 36.4 Å². The number of fused-ring (bicyclic) bond motifs is 1. The highest BCUT2D eigenvalue weighted by molar-refractivity contribution is 5.97. The molecule has 0 saturated carbocycles. The zero-order valence-electron chi connectivity index (χ0n) is 16.4. The van der Waals surface area contributed by atoms with Crippen molar-refractivity contribution >= 4 is 28.6 Å². The fourth-order valence-electron chi connectivity index (χ4n) is 2.63. The molecule has 0 saturated heterocycles. The van der Waals surface area contributed by atoms with Gasteiger partial charge in [0.1, 0.15) is 0 Å². The van der Waals surface area contributed by atoms with Gasteiger partial charge in [0, 0.05) is 5.69 Å². The Morgan fingerprint density at radius 3 is 2.29 bits per heavy atom. The molecule has 0 bridgehead atoms. The maximum atomic E-state index is 12.3. The van der Waals surface area contributed by atoms with Gasteiger partial charge in [0.2, 0.25) is 0 Å². The minimum Gasteiger partial charge on any atom is -0.448 e. The van der Waals surface area contributed by atoms with Crippen molar-refractivity contribution in [3.63, 3.8) is 0 Å². The van der Waals surface area contributed by atoms with Gasteiger partial charge in [-0.05, 0) is 42.2 Å². The molecule has 3 rings (SSSR count). The smallest absolute Gasteiger partial charge is 0.359 e. The summed E-state index contributed by atoms with van der Waals surface area (Å²) in [6, 6.07) is 14.8. The number of ether oxygens (including phenoxy) is 1. The highest BCUT2D eigenvalue weighted by Crippen LogP contribution is 2.23. The first-order chi connectivity index (χ1) is 13.2. The van der Waals surface area contributed by atoms with Crippen molar-refractivity contribution in [2.45, 2.75) is 39.2 Å². The van der Waals surface area contributed by atoms with Gasteiger partial charge in [-0.2, -0.15) is 0 Å². The zero-order chi connectivity index (χ0) is 20.3. The summed E-state index contributed by atoms with van der Waals surface area (Å²) in [5.74, 6) is -1.10. The molecule has 28 heavy (non-hydrogen) atoms. The normalized spacial score (nSPS) is 12.4. The van der Waals surface area contributed by atoms with Gasteiger partial charge in [0.15, 0.2) is 11.8 Å². The zero-order valence-corrected chi connectivity index (χ0v) is 16.4. The summed E-state index contributed by atoms with van der Waals surface area (Å²) in [4.78, 5) is 33.1. The lowest BCUT2D eigenvalue weighted by atomic mass is 9.87. The second-order valence-corrected chi connectivity index (χ2v) is 7.61.